The number of fused-ring (bicyclic) bond motifs is 1. The molecule has 1 N–H and O–H groups in total. The molecule has 0 unspecified atom stereocenters. The second kappa shape index (κ2) is 6.85. The molecule has 0 radical (unpaired) electrons. The summed E-state index contributed by atoms with van der Waals surface area (Å²) in [6.45, 7) is 4.17. The molecule has 2 aromatic carbocycles. The maximum atomic E-state index is 12.9. The van der Waals surface area contributed by atoms with E-state index in [1.165, 1.54) is 30.9 Å². The lowest BCUT2D eigenvalue weighted by molar-refractivity contribution is 0.104. The summed E-state index contributed by atoms with van der Waals surface area (Å²) in [6.07, 6.45) is 3.54. The van der Waals surface area contributed by atoms with Gasteiger partial charge in [-0.25, -0.2) is 8.42 Å². The number of hydrogen-bond donors (Lipinski definition) is 1. The summed E-state index contributed by atoms with van der Waals surface area (Å²) < 4.78 is 28.8. The number of allylic oxidation sites excluding steroid dienone is 1. The number of sulfone groups is 1. The highest BCUT2D eigenvalue weighted by Gasteiger charge is 2.28. The summed E-state index contributed by atoms with van der Waals surface area (Å²) in [5, 5.41) is 3.43. The molecule has 3 rings (SSSR count). The van der Waals surface area contributed by atoms with Crippen LogP contribution in [-0.2, 0) is 16.3 Å². The minimum Gasteiger partial charge on any atom is -0.496 e. The molecule has 1 aliphatic heterocycles. The van der Waals surface area contributed by atoms with Gasteiger partial charge in [0.25, 0.3) is 0 Å². The monoisotopic (exact) mass is 385 g/mol. The molecule has 6 heteroatoms. The molecular formula is C21H23NO4S. The Morgan fingerprint density at radius 3 is 2.56 bits per heavy atom. The highest BCUT2D eigenvalue weighted by molar-refractivity contribution is 7.90. The van der Waals surface area contributed by atoms with Gasteiger partial charge in [-0.05, 0) is 44.0 Å². The fraction of sp³-hybridized carbons (Fsp3) is 0.286. The smallest absolute Gasteiger partial charge is 0.191 e. The van der Waals surface area contributed by atoms with Crippen molar-refractivity contribution < 1.29 is 17.9 Å². The Morgan fingerprint density at radius 1 is 1.19 bits per heavy atom. The van der Waals surface area contributed by atoms with Crippen molar-refractivity contribution in [2.75, 3.05) is 13.4 Å². The van der Waals surface area contributed by atoms with E-state index in [1.54, 1.807) is 6.08 Å². The standard InChI is InChI=1S/C21H23NO4S/c1-21(2)13-14-7-5-6-8-16(14)18(22-21)12-19(23)17-10-9-15(27(4,24)25)11-20(17)26-3/h5-12,22H,13H2,1-4H3/b18-12-. The van der Waals surface area contributed by atoms with Crippen LogP contribution in [0.4, 0.5) is 0 Å². The van der Waals surface area contributed by atoms with Gasteiger partial charge in [-0.1, -0.05) is 24.3 Å². The fourth-order valence-electron chi connectivity index (χ4n) is 3.32. The summed E-state index contributed by atoms with van der Waals surface area (Å²) in [6, 6.07) is 12.3. The number of ether oxygens (including phenoxy) is 1. The Labute approximate surface area is 160 Å². The zero-order valence-electron chi connectivity index (χ0n) is 15.9. The first-order valence-corrected chi connectivity index (χ1v) is 10.5. The predicted molar refractivity (Wildman–Crippen MR) is 106 cm³/mol. The van der Waals surface area contributed by atoms with Crippen LogP contribution in [0, 0.1) is 0 Å². The second-order valence-corrected chi connectivity index (χ2v) is 9.42. The number of benzene rings is 2. The van der Waals surface area contributed by atoms with E-state index >= 15 is 0 Å². The van der Waals surface area contributed by atoms with Crippen LogP contribution >= 0.6 is 0 Å². The Hall–Kier alpha value is -2.60. The summed E-state index contributed by atoms with van der Waals surface area (Å²) in [5.41, 5.74) is 3.07. The third kappa shape index (κ3) is 4.06. The first-order chi connectivity index (χ1) is 12.6. The average Bonchev–Trinajstić information content (AvgIpc) is 2.59. The SMILES string of the molecule is COc1cc(S(C)(=O)=O)ccc1C(=O)/C=C1\NC(C)(C)Cc2ccccc21. The molecule has 142 valence electrons. The Bertz CT molecular complexity index is 1040. The van der Waals surface area contributed by atoms with Crippen molar-refractivity contribution in [3.05, 3.63) is 65.2 Å². The lowest BCUT2D eigenvalue weighted by atomic mass is 9.85. The van der Waals surface area contributed by atoms with Crippen LogP contribution < -0.4 is 10.1 Å². The zero-order chi connectivity index (χ0) is 19.8. The van der Waals surface area contributed by atoms with E-state index in [9.17, 15) is 13.2 Å². The molecule has 0 amide bonds. The van der Waals surface area contributed by atoms with Gasteiger partial charge in [0.15, 0.2) is 15.6 Å². The summed E-state index contributed by atoms with van der Waals surface area (Å²) in [5.74, 6) is -0.00923. The second-order valence-electron chi connectivity index (χ2n) is 7.40. The lowest BCUT2D eigenvalue weighted by Gasteiger charge is -2.35. The molecule has 0 aliphatic carbocycles. The minimum absolute atomic E-state index is 0.117. The zero-order valence-corrected chi connectivity index (χ0v) is 16.7. The van der Waals surface area contributed by atoms with Crippen LogP contribution in [0.15, 0.2) is 53.4 Å². The highest BCUT2D eigenvalue weighted by atomic mass is 32.2. The Kier molecular flexibility index (Phi) is 4.86. The largest absolute Gasteiger partial charge is 0.496 e. The normalized spacial score (nSPS) is 17.1. The molecule has 0 bridgehead atoms. The third-order valence-corrected chi connectivity index (χ3v) is 5.67. The van der Waals surface area contributed by atoms with Crippen LogP contribution in [0.5, 0.6) is 5.75 Å². The van der Waals surface area contributed by atoms with Crippen molar-refractivity contribution in [1.29, 1.82) is 0 Å². The first-order valence-electron chi connectivity index (χ1n) is 8.61. The van der Waals surface area contributed by atoms with Gasteiger partial charge in [0.1, 0.15) is 5.75 Å². The van der Waals surface area contributed by atoms with Crippen LogP contribution in [0.1, 0.15) is 35.3 Å². The third-order valence-electron chi connectivity index (χ3n) is 4.56. The quantitative estimate of drug-likeness (QED) is 0.646. The first kappa shape index (κ1) is 19.2. The van der Waals surface area contributed by atoms with Crippen molar-refractivity contribution in [3.63, 3.8) is 0 Å². The molecule has 0 fully saturated rings. The molecule has 2 aromatic rings. The lowest BCUT2D eigenvalue weighted by Crippen LogP contribution is -2.43. The van der Waals surface area contributed by atoms with Crippen molar-refractivity contribution in [2.24, 2.45) is 0 Å². The maximum Gasteiger partial charge on any atom is 0.191 e. The van der Waals surface area contributed by atoms with Crippen LogP contribution in [0.2, 0.25) is 0 Å². The number of hydrogen-bond acceptors (Lipinski definition) is 5. The molecule has 0 atom stereocenters. The molecule has 0 spiro atoms. The molecule has 1 heterocycles. The van der Waals surface area contributed by atoms with E-state index in [0.717, 1.165) is 23.9 Å². The number of methoxy groups -OCH3 is 1. The Morgan fingerprint density at radius 2 is 1.89 bits per heavy atom. The van der Waals surface area contributed by atoms with Gasteiger partial charge in [0.05, 0.1) is 17.6 Å². The van der Waals surface area contributed by atoms with Crippen molar-refractivity contribution in [3.8, 4) is 5.75 Å². The molecule has 27 heavy (non-hydrogen) atoms. The molecule has 0 saturated heterocycles. The molecule has 0 saturated carbocycles. The maximum absolute atomic E-state index is 12.9. The molecule has 5 nitrogen and oxygen atoms in total. The van der Waals surface area contributed by atoms with Gasteiger partial charge in [0, 0.05) is 29.1 Å². The minimum atomic E-state index is -3.38. The molecular weight excluding hydrogens is 362 g/mol. The Balaban J connectivity index is 2.04. The number of carbonyl (C=O) groups excluding carboxylic acids is 1. The van der Waals surface area contributed by atoms with E-state index in [2.05, 4.69) is 25.2 Å². The van der Waals surface area contributed by atoms with Crippen LogP contribution in [0.25, 0.3) is 5.70 Å². The topological polar surface area (TPSA) is 72.5 Å². The van der Waals surface area contributed by atoms with Gasteiger partial charge in [0.2, 0.25) is 0 Å². The number of ketones is 1. The van der Waals surface area contributed by atoms with E-state index in [4.69, 9.17) is 4.74 Å². The fourth-order valence-corrected chi connectivity index (χ4v) is 3.95. The highest BCUT2D eigenvalue weighted by Crippen LogP contribution is 2.30. The molecule has 1 aliphatic rings. The van der Waals surface area contributed by atoms with Crippen molar-refractivity contribution in [1.82, 2.24) is 5.32 Å². The van der Waals surface area contributed by atoms with E-state index in [0.29, 0.717) is 5.56 Å². The van der Waals surface area contributed by atoms with E-state index < -0.39 is 9.84 Å². The summed E-state index contributed by atoms with van der Waals surface area (Å²) in [4.78, 5) is 13.0. The average molecular weight is 385 g/mol. The van der Waals surface area contributed by atoms with Crippen LogP contribution in [0.3, 0.4) is 0 Å². The molecule has 0 aromatic heterocycles. The van der Waals surface area contributed by atoms with Crippen molar-refractivity contribution in [2.45, 2.75) is 30.7 Å². The predicted octanol–water partition coefficient (Wildman–Crippen LogP) is 3.25. The van der Waals surface area contributed by atoms with Gasteiger partial charge in [-0.3, -0.25) is 4.79 Å². The van der Waals surface area contributed by atoms with Gasteiger partial charge in [-0.15, -0.1) is 0 Å². The number of rotatable bonds is 4. The van der Waals surface area contributed by atoms with Crippen LogP contribution in [-0.4, -0.2) is 33.1 Å². The summed E-state index contributed by atoms with van der Waals surface area (Å²) in [7, 11) is -1.96. The van der Waals surface area contributed by atoms with E-state index in [-0.39, 0.29) is 22.0 Å². The van der Waals surface area contributed by atoms with Gasteiger partial charge < -0.3 is 10.1 Å². The van der Waals surface area contributed by atoms with Gasteiger partial charge in [-0.2, -0.15) is 0 Å². The number of nitrogens with one attached hydrogen (secondary N) is 1. The summed E-state index contributed by atoms with van der Waals surface area (Å²) >= 11 is 0. The van der Waals surface area contributed by atoms with Gasteiger partial charge >= 0.3 is 0 Å². The van der Waals surface area contributed by atoms with Crippen molar-refractivity contribution >= 4 is 21.3 Å². The van der Waals surface area contributed by atoms with E-state index in [1.807, 2.05) is 18.2 Å². The number of carbonyl (C=O) groups is 1.